The van der Waals surface area contributed by atoms with Gasteiger partial charge in [-0.15, -0.1) is 5.10 Å². The molecule has 1 saturated heterocycles. The Labute approximate surface area is 191 Å². The van der Waals surface area contributed by atoms with E-state index in [9.17, 15) is 13.2 Å². The van der Waals surface area contributed by atoms with Crippen LogP contribution in [-0.2, 0) is 14.8 Å². The number of carbonyl (C=O) groups excluding carboxylic acids is 1. The van der Waals surface area contributed by atoms with E-state index in [2.05, 4.69) is 15.5 Å². The van der Waals surface area contributed by atoms with Crippen LogP contribution in [0.3, 0.4) is 0 Å². The zero-order valence-corrected chi connectivity index (χ0v) is 18.5. The zero-order chi connectivity index (χ0) is 22.8. The van der Waals surface area contributed by atoms with Gasteiger partial charge in [0.05, 0.1) is 4.90 Å². The van der Waals surface area contributed by atoms with E-state index < -0.39 is 10.0 Å². The molecular weight excluding hydrogens is 440 g/mol. The molecule has 0 radical (unpaired) electrons. The summed E-state index contributed by atoms with van der Waals surface area (Å²) < 4.78 is 33.2. The van der Waals surface area contributed by atoms with Gasteiger partial charge < -0.3 is 4.42 Å². The van der Waals surface area contributed by atoms with Gasteiger partial charge in [0.25, 0.3) is 0 Å². The van der Waals surface area contributed by atoms with Crippen molar-refractivity contribution in [2.45, 2.75) is 17.7 Å². The number of hydrogen-bond donors (Lipinski definition) is 1. The van der Waals surface area contributed by atoms with Gasteiger partial charge in [-0.1, -0.05) is 53.6 Å². The Hall–Kier alpha value is -3.56. The number of anilines is 1. The molecule has 0 unspecified atom stereocenters. The Morgan fingerprint density at radius 1 is 0.909 bits per heavy atom. The van der Waals surface area contributed by atoms with Crippen LogP contribution in [0.1, 0.15) is 12.8 Å². The number of rotatable bonds is 5. The van der Waals surface area contributed by atoms with Crippen molar-refractivity contribution < 1.29 is 17.6 Å². The molecule has 0 bridgehead atoms. The number of piperidine rings is 1. The van der Waals surface area contributed by atoms with Crippen LogP contribution in [0, 0.1) is 5.92 Å². The molecule has 8 nitrogen and oxygen atoms in total. The third-order valence-corrected chi connectivity index (χ3v) is 7.75. The van der Waals surface area contributed by atoms with Gasteiger partial charge in [-0.25, -0.2) is 8.42 Å². The topological polar surface area (TPSA) is 105 Å². The van der Waals surface area contributed by atoms with Gasteiger partial charge in [-0.3, -0.25) is 10.1 Å². The van der Waals surface area contributed by atoms with Gasteiger partial charge in [0.15, 0.2) is 0 Å². The van der Waals surface area contributed by atoms with Crippen molar-refractivity contribution in [3.8, 4) is 11.5 Å². The monoisotopic (exact) mass is 462 g/mol. The van der Waals surface area contributed by atoms with Gasteiger partial charge in [-0.2, -0.15) is 4.31 Å². The van der Waals surface area contributed by atoms with Crippen LogP contribution < -0.4 is 5.32 Å². The lowest BCUT2D eigenvalue weighted by atomic mass is 9.97. The first-order valence-electron chi connectivity index (χ1n) is 10.7. The van der Waals surface area contributed by atoms with Crippen molar-refractivity contribution in [2.24, 2.45) is 5.92 Å². The summed E-state index contributed by atoms with van der Waals surface area (Å²) in [6, 6.07) is 22.1. The summed E-state index contributed by atoms with van der Waals surface area (Å²) in [5.41, 5.74) is 0.762. The molecule has 1 aliphatic rings. The number of sulfonamides is 1. The Morgan fingerprint density at radius 3 is 2.36 bits per heavy atom. The van der Waals surface area contributed by atoms with Crippen LogP contribution >= 0.6 is 0 Å². The maximum Gasteiger partial charge on any atom is 0.322 e. The van der Waals surface area contributed by atoms with Crippen molar-refractivity contribution in [1.82, 2.24) is 14.5 Å². The number of aromatic nitrogens is 2. The molecule has 1 fully saturated rings. The maximum atomic E-state index is 13.1. The molecule has 0 spiro atoms. The van der Waals surface area contributed by atoms with Crippen LogP contribution in [0.25, 0.3) is 22.2 Å². The maximum absolute atomic E-state index is 13.1. The number of amides is 1. The van der Waals surface area contributed by atoms with Crippen LogP contribution in [0.2, 0.25) is 0 Å². The van der Waals surface area contributed by atoms with Crippen molar-refractivity contribution in [2.75, 3.05) is 18.4 Å². The van der Waals surface area contributed by atoms with Crippen LogP contribution in [0.4, 0.5) is 6.01 Å². The normalized spacial score (nSPS) is 15.5. The SMILES string of the molecule is O=C(Nc1nnc(-c2ccccc2)o1)C1CCN(S(=O)(=O)c2ccc3ccccc3c2)CC1. The molecule has 0 aliphatic carbocycles. The third-order valence-electron chi connectivity index (χ3n) is 5.86. The molecule has 9 heteroatoms. The fraction of sp³-hybridized carbons (Fsp3) is 0.208. The predicted molar refractivity (Wildman–Crippen MR) is 124 cm³/mol. The molecule has 33 heavy (non-hydrogen) atoms. The number of fused-ring (bicyclic) bond motifs is 1. The minimum atomic E-state index is -3.63. The lowest BCUT2D eigenvalue weighted by Gasteiger charge is -2.30. The van der Waals surface area contributed by atoms with Crippen LogP contribution in [-0.4, -0.2) is 41.9 Å². The predicted octanol–water partition coefficient (Wildman–Crippen LogP) is 3.93. The van der Waals surface area contributed by atoms with Crippen molar-refractivity contribution in [3.05, 3.63) is 72.8 Å². The van der Waals surface area contributed by atoms with E-state index in [1.807, 2.05) is 60.7 Å². The highest BCUT2D eigenvalue weighted by atomic mass is 32.2. The molecule has 4 aromatic rings. The van der Waals surface area contributed by atoms with E-state index in [-0.39, 0.29) is 35.8 Å². The second kappa shape index (κ2) is 8.76. The van der Waals surface area contributed by atoms with E-state index in [1.165, 1.54) is 4.31 Å². The standard InChI is InChI=1S/C24H22N4O4S/c29-22(25-24-27-26-23(32-24)19-7-2-1-3-8-19)18-12-14-28(15-13-18)33(30,31)21-11-10-17-6-4-5-9-20(17)16-21/h1-11,16,18H,12-15H2,(H,25,27,29). The molecule has 3 aromatic carbocycles. The summed E-state index contributed by atoms with van der Waals surface area (Å²) in [5.74, 6) is -0.261. The second-order valence-electron chi connectivity index (χ2n) is 7.95. The van der Waals surface area contributed by atoms with Gasteiger partial charge in [-0.05, 0) is 47.9 Å². The fourth-order valence-electron chi connectivity index (χ4n) is 4.01. The zero-order valence-electron chi connectivity index (χ0n) is 17.7. The second-order valence-corrected chi connectivity index (χ2v) is 9.89. The first kappa shape index (κ1) is 21.3. The first-order valence-corrected chi connectivity index (χ1v) is 12.1. The molecule has 1 N–H and O–H groups in total. The number of benzene rings is 3. The van der Waals surface area contributed by atoms with E-state index in [0.717, 1.165) is 16.3 Å². The van der Waals surface area contributed by atoms with Gasteiger partial charge in [0.2, 0.25) is 21.8 Å². The number of carbonyl (C=O) groups is 1. The van der Waals surface area contributed by atoms with E-state index in [1.54, 1.807) is 12.1 Å². The molecule has 5 rings (SSSR count). The minimum Gasteiger partial charge on any atom is -0.403 e. The average Bonchev–Trinajstić information content (AvgIpc) is 3.33. The summed E-state index contributed by atoms with van der Waals surface area (Å²) in [6.07, 6.45) is 0.830. The summed E-state index contributed by atoms with van der Waals surface area (Å²) in [5, 5.41) is 12.4. The molecule has 0 atom stereocenters. The van der Waals surface area contributed by atoms with Crippen LogP contribution in [0.5, 0.6) is 0 Å². The molecule has 168 valence electrons. The summed E-state index contributed by atoms with van der Waals surface area (Å²) in [7, 11) is -3.63. The highest BCUT2D eigenvalue weighted by Crippen LogP contribution is 2.27. The van der Waals surface area contributed by atoms with E-state index in [0.29, 0.717) is 18.7 Å². The van der Waals surface area contributed by atoms with Crippen molar-refractivity contribution in [1.29, 1.82) is 0 Å². The number of nitrogens with zero attached hydrogens (tertiary/aromatic N) is 3. The van der Waals surface area contributed by atoms with Gasteiger partial charge in [0, 0.05) is 24.6 Å². The van der Waals surface area contributed by atoms with Gasteiger partial charge in [0.1, 0.15) is 0 Å². The Morgan fingerprint density at radius 2 is 1.61 bits per heavy atom. The molecule has 1 amide bonds. The Bertz CT molecular complexity index is 1390. The summed E-state index contributed by atoms with van der Waals surface area (Å²) in [4.78, 5) is 12.9. The molecule has 1 aromatic heterocycles. The minimum absolute atomic E-state index is 0.0325. The highest BCUT2D eigenvalue weighted by molar-refractivity contribution is 7.89. The molecule has 1 aliphatic heterocycles. The molecule has 2 heterocycles. The van der Waals surface area contributed by atoms with Gasteiger partial charge >= 0.3 is 6.01 Å². The quantitative estimate of drug-likeness (QED) is 0.482. The summed E-state index contributed by atoms with van der Waals surface area (Å²) in [6.45, 7) is 0.540. The van der Waals surface area contributed by atoms with E-state index in [4.69, 9.17) is 4.42 Å². The number of hydrogen-bond acceptors (Lipinski definition) is 6. The van der Waals surface area contributed by atoms with E-state index >= 15 is 0 Å². The first-order chi connectivity index (χ1) is 16.0. The Balaban J connectivity index is 1.22. The molecule has 0 saturated carbocycles. The summed E-state index contributed by atoms with van der Waals surface area (Å²) >= 11 is 0. The highest BCUT2D eigenvalue weighted by Gasteiger charge is 2.32. The lowest BCUT2D eigenvalue weighted by molar-refractivity contribution is -0.121. The smallest absolute Gasteiger partial charge is 0.322 e. The largest absolute Gasteiger partial charge is 0.403 e. The average molecular weight is 463 g/mol. The van der Waals surface area contributed by atoms with Crippen LogP contribution in [0.15, 0.2) is 82.1 Å². The Kier molecular flexibility index (Phi) is 5.65. The lowest BCUT2D eigenvalue weighted by Crippen LogP contribution is -2.41. The number of nitrogens with one attached hydrogen (secondary N) is 1. The third kappa shape index (κ3) is 4.37. The fourth-order valence-corrected chi connectivity index (χ4v) is 5.52. The molecular formula is C24H22N4O4S. The van der Waals surface area contributed by atoms with Crippen molar-refractivity contribution in [3.63, 3.8) is 0 Å². The van der Waals surface area contributed by atoms with Crippen molar-refractivity contribution >= 4 is 32.7 Å².